The molecule has 0 unspecified atom stereocenters. The zero-order valence-electron chi connectivity index (χ0n) is 11.3. The first-order chi connectivity index (χ1) is 9.88. The van der Waals surface area contributed by atoms with Gasteiger partial charge in [0.05, 0.1) is 5.52 Å². The molecule has 20 heavy (non-hydrogen) atoms. The van der Waals surface area contributed by atoms with E-state index in [0.717, 1.165) is 17.7 Å². The number of rotatable bonds is 5. The largest absolute Gasteiger partial charge is 0.488 e. The number of nitrogens with two attached hydrogens (primary N) is 1. The Balaban J connectivity index is 1.85. The second-order valence-electron chi connectivity index (χ2n) is 4.76. The van der Waals surface area contributed by atoms with Crippen molar-refractivity contribution >= 4 is 10.9 Å². The summed E-state index contributed by atoms with van der Waals surface area (Å²) in [5.41, 5.74) is 7.97. The molecule has 0 spiro atoms. The fraction of sp³-hybridized carbons (Fsp3) is 0.176. The van der Waals surface area contributed by atoms with Crippen LogP contribution in [0.5, 0.6) is 5.75 Å². The lowest BCUT2D eigenvalue weighted by molar-refractivity contribution is 0.310. The summed E-state index contributed by atoms with van der Waals surface area (Å²) in [5.74, 6) is 0.919. The molecule has 3 rings (SSSR count). The highest BCUT2D eigenvalue weighted by molar-refractivity contribution is 5.86. The fourth-order valence-corrected chi connectivity index (χ4v) is 2.39. The maximum absolute atomic E-state index is 5.95. The topological polar surface area (TPSA) is 40.2 Å². The summed E-state index contributed by atoms with van der Waals surface area (Å²) in [6.07, 6.45) is 2.06. The molecule has 0 saturated heterocycles. The number of aromatic nitrogens is 1. The molecule has 0 fully saturated rings. The molecule has 0 bridgehead atoms. The van der Waals surface area contributed by atoms with E-state index in [9.17, 15) is 0 Å². The minimum absolute atomic E-state index is 0.585. The molecule has 0 aliphatic rings. The van der Waals surface area contributed by atoms with Gasteiger partial charge in [0.1, 0.15) is 12.4 Å². The van der Waals surface area contributed by atoms with Crippen molar-refractivity contribution in [3.05, 3.63) is 66.4 Å². The van der Waals surface area contributed by atoms with Crippen LogP contribution in [0.15, 0.2) is 60.8 Å². The standard InChI is InChI=1S/C17H18N2O/c18-10-12-19-11-9-15-16(19)7-4-8-17(15)20-13-14-5-2-1-3-6-14/h1-9,11H,10,12-13,18H2. The van der Waals surface area contributed by atoms with Crippen LogP contribution in [0.4, 0.5) is 0 Å². The quantitative estimate of drug-likeness (QED) is 0.770. The summed E-state index contributed by atoms with van der Waals surface area (Å²) < 4.78 is 8.11. The third-order valence-electron chi connectivity index (χ3n) is 3.38. The molecule has 0 radical (unpaired) electrons. The van der Waals surface area contributed by atoms with Gasteiger partial charge < -0.3 is 15.0 Å². The highest BCUT2D eigenvalue weighted by atomic mass is 16.5. The summed E-state index contributed by atoms with van der Waals surface area (Å²) in [4.78, 5) is 0. The Bertz CT molecular complexity index is 689. The first-order valence-corrected chi connectivity index (χ1v) is 6.83. The van der Waals surface area contributed by atoms with Crippen LogP contribution in [0.2, 0.25) is 0 Å². The highest BCUT2D eigenvalue weighted by Gasteiger charge is 2.06. The lowest BCUT2D eigenvalue weighted by Gasteiger charge is -2.08. The van der Waals surface area contributed by atoms with E-state index < -0.39 is 0 Å². The van der Waals surface area contributed by atoms with Crippen LogP contribution in [0.1, 0.15) is 5.56 Å². The summed E-state index contributed by atoms with van der Waals surface area (Å²) >= 11 is 0. The average Bonchev–Trinajstić information content (AvgIpc) is 2.91. The van der Waals surface area contributed by atoms with E-state index in [1.165, 1.54) is 11.1 Å². The lowest BCUT2D eigenvalue weighted by atomic mass is 10.2. The van der Waals surface area contributed by atoms with Gasteiger partial charge in [-0.25, -0.2) is 0 Å². The van der Waals surface area contributed by atoms with Gasteiger partial charge in [-0.05, 0) is 23.8 Å². The molecular weight excluding hydrogens is 248 g/mol. The van der Waals surface area contributed by atoms with Crippen molar-refractivity contribution in [2.75, 3.05) is 6.54 Å². The zero-order chi connectivity index (χ0) is 13.8. The van der Waals surface area contributed by atoms with Gasteiger partial charge >= 0.3 is 0 Å². The predicted octanol–water partition coefficient (Wildman–Crippen LogP) is 3.18. The van der Waals surface area contributed by atoms with Gasteiger partial charge in [0.2, 0.25) is 0 Å². The molecule has 0 saturated carbocycles. The Morgan fingerprint density at radius 2 is 1.80 bits per heavy atom. The van der Waals surface area contributed by atoms with Gasteiger partial charge in [-0.1, -0.05) is 36.4 Å². The maximum Gasteiger partial charge on any atom is 0.129 e. The number of ether oxygens (including phenoxy) is 1. The Hall–Kier alpha value is -2.26. The normalized spacial score (nSPS) is 10.8. The van der Waals surface area contributed by atoms with Crippen LogP contribution in [-0.2, 0) is 13.2 Å². The van der Waals surface area contributed by atoms with Crippen molar-refractivity contribution in [2.24, 2.45) is 5.73 Å². The lowest BCUT2D eigenvalue weighted by Crippen LogP contribution is -2.08. The van der Waals surface area contributed by atoms with Gasteiger partial charge in [0, 0.05) is 24.7 Å². The van der Waals surface area contributed by atoms with E-state index in [0.29, 0.717) is 13.2 Å². The molecule has 1 aromatic heterocycles. The van der Waals surface area contributed by atoms with E-state index in [1.54, 1.807) is 0 Å². The van der Waals surface area contributed by atoms with E-state index in [4.69, 9.17) is 10.5 Å². The van der Waals surface area contributed by atoms with E-state index in [1.807, 2.05) is 30.3 Å². The Labute approximate surface area is 118 Å². The van der Waals surface area contributed by atoms with Crippen molar-refractivity contribution in [3.63, 3.8) is 0 Å². The van der Waals surface area contributed by atoms with Gasteiger partial charge in [-0.3, -0.25) is 0 Å². The van der Waals surface area contributed by atoms with Crippen molar-refractivity contribution in [1.29, 1.82) is 0 Å². The smallest absolute Gasteiger partial charge is 0.129 e. The molecule has 0 aliphatic carbocycles. The third-order valence-corrected chi connectivity index (χ3v) is 3.38. The van der Waals surface area contributed by atoms with Crippen LogP contribution in [0.25, 0.3) is 10.9 Å². The molecular formula is C17H18N2O. The minimum atomic E-state index is 0.585. The zero-order valence-corrected chi connectivity index (χ0v) is 11.3. The van der Waals surface area contributed by atoms with Crippen LogP contribution < -0.4 is 10.5 Å². The van der Waals surface area contributed by atoms with Crippen LogP contribution >= 0.6 is 0 Å². The number of nitrogens with zero attached hydrogens (tertiary/aromatic N) is 1. The van der Waals surface area contributed by atoms with Crippen LogP contribution in [-0.4, -0.2) is 11.1 Å². The number of fused-ring (bicyclic) bond motifs is 1. The molecule has 2 aromatic carbocycles. The third kappa shape index (κ3) is 2.53. The first-order valence-electron chi connectivity index (χ1n) is 6.83. The highest BCUT2D eigenvalue weighted by Crippen LogP contribution is 2.27. The number of benzene rings is 2. The fourth-order valence-electron chi connectivity index (χ4n) is 2.39. The summed E-state index contributed by atoms with van der Waals surface area (Å²) in [6, 6.07) is 18.4. The molecule has 0 atom stereocenters. The molecule has 102 valence electrons. The van der Waals surface area contributed by atoms with E-state index in [-0.39, 0.29) is 0 Å². The van der Waals surface area contributed by atoms with E-state index in [2.05, 4.69) is 35.0 Å². The van der Waals surface area contributed by atoms with Crippen molar-refractivity contribution < 1.29 is 4.74 Å². The second kappa shape index (κ2) is 5.80. The first kappa shape index (κ1) is 12.8. The molecule has 2 N–H and O–H groups in total. The van der Waals surface area contributed by atoms with Crippen LogP contribution in [0, 0.1) is 0 Å². The van der Waals surface area contributed by atoms with Gasteiger partial charge in [0.15, 0.2) is 0 Å². The number of hydrogen-bond acceptors (Lipinski definition) is 2. The van der Waals surface area contributed by atoms with Crippen molar-refractivity contribution in [3.8, 4) is 5.75 Å². The predicted molar refractivity (Wildman–Crippen MR) is 81.8 cm³/mol. The van der Waals surface area contributed by atoms with Gasteiger partial charge in [-0.2, -0.15) is 0 Å². The van der Waals surface area contributed by atoms with Crippen molar-refractivity contribution in [2.45, 2.75) is 13.2 Å². The molecule has 0 aliphatic heterocycles. The monoisotopic (exact) mass is 266 g/mol. The average molecular weight is 266 g/mol. The molecule has 3 nitrogen and oxygen atoms in total. The summed E-state index contributed by atoms with van der Waals surface area (Å²) in [6.45, 7) is 2.05. The number of hydrogen-bond donors (Lipinski definition) is 1. The van der Waals surface area contributed by atoms with Gasteiger partial charge in [0.25, 0.3) is 0 Å². The summed E-state index contributed by atoms with van der Waals surface area (Å²) in [7, 11) is 0. The Morgan fingerprint density at radius 1 is 0.950 bits per heavy atom. The molecule has 1 heterocycles. The van der Waals surface area contributed by atoms with Gasteiger partial charge in [-0.15, -0.1) is 0 Å². The minimum Gasteiger partial charge on any atom is -0.488 e. The van der Waals surface area contributed by atoms with Crippen molar-refractivity contribution in [1.82, 2.24) is 4.57 Å². The SMILES string of the molecule is NCCn1ccc2c(OCc3ccccc3)cccc21. The Kier molecular flexibility index (Phi) is 3.70. The second-order valence-corrected chi connectivity index (χ2v) is 4.76. The van der Waals surface area contributed by atoms with E-state index >= 15 is 0 Å². The Morgan fingerprint density at radius 3 is 2.60 bits per heavy atom. The summed E-state index contributed by atoms with van der Waals surface area (Å²) in [5, 5.41) is 1.14. The molecule has 0 amide bonds. The maximum atomic E-state index is 5.95. The van der Waals surface area contributed by atoms with Crippen LogP contribution in [0.3, 0.4) is 0 Å². The molecule has 3 aromatic rings. The molecule has 3 heteroatoms.